The summed E-state index contributed by atoms with van der Waals surface area (Å²) in [7, 11) is 0. The van der Waals surface area contributed by atoms with Crippen molar-refractivity contribution in [3.63, 3.8) is 0 Å². The lowest BCUT2D eigenvalue weighted by molar-refractivity contribution is -0.145. The number of rotatable bonds is 3. The summed E-state index contributed by atoms with van der Waals surface area (Å²) in [6.07, 6.45) is -4.37. The molecule has 3 heterocycles. The van der Waals surface area contributed by atoms with E-state index in [2.05, 4.69) is 9.97 Å². The first-order valence-corrected chi connectivity index (χ1v) is 10.6. The number of halogens is 6. The molecule has 2 fully saturated rings. The first-order valence-electron chi connectivity index (χ1n) is 10.6. The van der Waals surface area contributed by atoms with Crippen LogP contribution in [0.4, 0.5) is 32.2 Å². The fourth-order valence-electron chi connectivity index (χ4n) is 5.14. The van der Waals surface area contributed by atoms with Crippen molar-refractivity contribution in [2.45, 2.75) is 50.6 Å². The summed E-state index contributed by atoms with van der Waals surface area (Å²) in [5.41, 5.74) is -1.05. The minimum atomic E-state index is -5.00. The van der Waals surface area contributed by atoms with Crippen molar-refractivity contribution in [2.24, 2.45) is 5.92 Å². The average Bonchev–Trinajstić information content (AvgIpc) is 3.47. The molecule has 4 nitrogen and oxygen atoms in total. The van der Waals surface area contributed by atoms with Crippen LogP contribution in [0.3, 0.4) is 0 Å². The molecule has 33 heavy (non-hydrogen) atoms. The van der Waals surface area contributed by atoms with E-state index in [1.165, 1.54) is 0 Å². The monoisotopic (exact) mass is 466 g/mol. The minimum Gasteiger partial charge on any atom is -0.343 e. The van der Waals surface area contributed by atoms with Gasteiger partial charge in [-0.05, 0) is 61.9 Å². The fraction of sp³-hybridized carbons (Fsp3) is 0.391. The van der Waals surface area contributed by atoms with Crippen molar-refractivity contribution in [1.82, 2.24) is 14.5 Å². The molecule has 3 atom stereocenters. The van der Waals surface area contributed by atoms with Crippen molar-refractivity contribution in [3.8, 4) is 5.69 Å². The zero-order chi connectivity index (χ0) is 23.5. The van der Waals surface area contributed by atoms with E-state index in [4.69, 9.17) is 0 Å². The van der Waals surface area contributed by atoms with E-state index in [1.54, 1.807) is 17.3 Å². The van der Waals surface area contributed by atoms with Gasteiger partial charge in [0.1, 0.15) is 17.3 Å². The van der Waals surface area contributed by atoms with Gasteiger partial charge >= 0.3 is 12.4 Å². The molecule has 10 heteroatoms. The number of alkyl halides is 6. The number of aryl methyl sites for hydroxylation is 1. The van der Waals surface area contributed by atoms with Gasteiger partial charge in [-0.2, -0.15) is 26.3 Å². The van der Waals surface area contributed by atoms with Gasteiger partial charge in [-0.25, -0.2) is 9.97 Å². The number of hydrogen-bond donors (Lipinski definition) is 0. The van der Waals surface area contributed by atoms with Gasteiger partial charge in [0.25, 0.3) is 0 Å². The number of hydrogen-bond acceptors (Lipinski definition) is 3. The second-order valence-electron chi connectivity index (χ2n) is 8.67. The summed E-state index contributed by atoms with van der Waals surface area (Å²) in [6, 6.07) is 7.79. The molecule has 1 aliphatic carbocycles. The number of fused-ring (bicyclic) bond motifs is 2. The highest BCUT2D eigenvalue weighted by atomic mass is 19.4. The van der Waals surface area contributed by atoms with Gasteiger partial charge in [0, 0.05) is 24.1 Å². The Morgan fingerprint density at radius 1 is 0.970 bits per heavy atom. The van der Waals surface area contributed by atoms with E-state index in [1.807, 2.05) is 35.8 Å². The first kappa shape index (κ1) is 21.8. The number of pyridine rings is 1. The van der Waals surface area contributed by atoms with Crippen molar-refractivity contribution >= 4 is 5.82 Å². The zero-order valence-electron chi connectivity index (χ0n) is 17.5. The SMILES string of the molecule is Cc1cccc(-n2ccnc2[C@@H]2[C@H]3CC[C@H](C3)N2c2cc(C(F)(F)F)cc(C(F)(F)F)n2)c1. The largest absolute Gasteiger partial charge is 0.433 e. The Kier molecular flexibility index (Phi) is 4.95. The molecule has 3 aromatic rings. The van der Waals surface area contributed by atoms with Crippen LogP contribution in [0.5, 0.6) is 0 Å². The number of piperidine rings is 1. The predicted molar refractivity (Wildman–Crippen MR) is 109 cm³/mol. The molecular weight excluding hydrogens is 446 g/mol. The highest BCUT2D eigenvalue weighted by Crippen LogP contribution is 2.52. The summed E-state index contributed by atoms with van der Waals surface area (Å²) < 4.78 is 82.6. The Balaban J connectivity index is 1.64. The second kappa shape index (κ2) is 7.50. The van der Waals surface area contributed by atoms with Gasteiger partial charge in [0.05, 0.1) is 11.6 Å². The third-order valence-electron chi connectivity index (χ3n) is 6.49. The van der Waals surface area contributed by atoms with Crippen molar-refractivity contribution < 1.29 is 26.3 Å². The Hall–Kier alpha value is -3.04. The Morgan fingerprint density at radius 2 is 1.76 bits per heavy atom. The third-order valence-corrected chi connectivity index (χ3v) is 6.49. The minimum absolute atomic E-state index is 0.0617. The number of benzene rings is 1. The van der Waals surface area contributed by atoms with Gasteiger partial charge in [0.2, 0.25) is 0 Å². The van der Waals surface area contributed by atoms with Crippen molar-refractivity contribution in [3.05, 3.63) is 71.4 Å². The van der Waals surface area contributed by atoms with E-state index in [0.29, 0.717) is 18.7 Å². The van der Waals surface area contributed by atoms with Gasteiger partial charge in [-0.15, -0.1) is 0 Å². The van der Waals surface area contributed by atoms with Crippen LogP contribution in [-0.4, -0.2) is 20.6 Å². The highest BCUT2D eigenvalue weighted by Gasteiger charge is 2.50. The lowest BCUT2D eigenvalue weighted by Crippen LogP contribution is -2.37. The van der Waals surface area contributed by atoms with E-state index in [9.17, 15) is 26.3 Å². The molecule has 0 amide bonds. The highest BCUT2D eigenvalue weighted by molar-refractivity contribution is 5.50. The molecule has 174 valence electrons. The van der Waals surface area contributed by atoms with Gasteiger partial charge < -0.3 is 9.47 Å². The predicted octanol–water partition coefficient (Wildman–Crippen LogP) is 6.34. The van der Waals surface area contributed by atoms with Crippen LogP contribution in [0, 0.1) is 12.8 Å². The maximum absolute atomic E-state index is 13.5. The molecule has 1 saturated heterocycles. The lowest BCUT2D eigenvalue weighted by Gasteiger charge is -2.36. The lowest BCUT2D eigenvalue weighted by atomic mass is 9.97. The van der Waals surface area contributed by atoms with Crippen LogP contribution in [-0.2, 0) is 12.4 Å². The average molecular weight is 466 g/mol. The fourth-order valence-corrected chi connectivity index (χ4v) is 5.14. The Morgan fingerprint density at radius 3 is 2.45 bits per heavy atom. The summed E-state index contributed by atoms with van der Waals surface area (Å²) in [5.74, 6) is 0.334. The van der Waals surface area contributed by atoms with Crippen LogP contribution in [0.25, 0.3) is 5.69 Å². The van der Waals surface area contributed by atoms with Crippen LogP contribution in [0.1, 0.15) is 47.9 Å². The second-order valence-corrected chi connectivity index (χ2v) is 8.67. The topological polar surface area (TPSA) is 34.0 Å². The number of anilines is 1. The third kappa shape index (κ3) is 3.85. The summed E-state index contributed by atoms with van der Waals surface area (Å²) in [6.45, 7) is 1.94. The first-order chi connectivity index (χ1) is 15.5. The molecule has 5 rings (SSSR count). The Labute approximate surface area is 185 Å². The number of nitrogens with zero attached hydrogens (tertiary/aromatic N) is 4. The molecule has 1 aliphatic heterocycles. The number of imidazole rings is 1. The van der Waals surface area contributed by atoms with Crippen LogP contribution >= 0.6 is 0 Å². The molecule has 0 radical (unpaired) electrons. The molecular formula is C23H20F6N4. The standard InChI is InChI=1S/C23H20F6N4/c1-13-3-2-4-16(9-13)32-8-7-30-21(32)20-14-5-6-17(10-14)33(20)19-12-15(22(24,25)26)11-18(31-19)23(27,28)29/h2-4,7-9,11-12,14,17,20H,5-6,10H2,1H3/t14-,17+,20-/m0/s1. The molecule has 1 saturated carbocycles. The van der Waals surface area contributed by atoms with Crippen molar-refractivity contribution in [1.29, 1.82) is 0 Å². The summed E-state index contributed by atoms with van der Waals surface area (Å²) in [5, 5.41) is 0. The van der Waals surface area contributed by atoms with Gasteiger partial charge in [-0.3, -0.25) is 0 Å². The Bertz CT molecular complexity index is 1150. The maximum atomic E-state index is 13.5. The van der Waals surface area contributed by atoms with E-state index >= 15 is 0 Å². The van der Waals surface area contributed by atoms with Crippen LogP contribution < -0.4 is 4.90 Å². The number of aromatic nitrogens is 3. The van der Waals surface area contributed by atoms with Crippen LogP contribution in [0.15, 0.2) is 48.8 Å². The molecule has 0 spiro atoms. The molecule has 2 bridgehead atoms. The maximum Gasteiger partial charge on any atom is 0.433 e. The summed E-state index contributed by atoms with van der Waals surface area (Å²) in [4.78, 5) is 9.77. The van der Waals surface area contributed by atoms with Gasteiger partial charge in [0.15, 0.2) is 0 Å². The molecule has 2 aliphatic rings. The normalized spacial score (nSPS) is 22.9. The van der Waals surface area contributed by atoms with E-state index < -0.39 is 29.7 Å². The smallest absolute Gasteiger partial charge is 0.343 e. The molecule has 0 unspecified atom stereocenters. The van der Waals surface area contributed by atoms with E-state index in [-0.39, 0.29) is 23.8 Å². The van der Waals surface area contributed by atoms with Crippen LogP contribution in [0.2, 0.25) is 0 Å². The van der Waals surface area contributed by atoms with E-state index in [0.717, 1.165) is 23.7 Å². The van der Waals surface area contributed by atoms with Crippen molar-refractivity contribution in [2.75, 3.05) is 4.90 Å². The summed E-state index contributed by atoms with van der Waals surface area (Å²) >= 11 is 0. The zero-order valence-corrected chi connectivity index (χ0v) is 17.5. The van der Waals surface area contributed by atoms with Gasteiger partial charge in [-0.1, -0.05) is 12.1 Å². The quantitative estimate of drug-likeness (QED) is 0.422. The molecule has 1 aromatic carbocycles. The molecule has 2 aromatic heterocycles. The molecule has 0 N–H and O–H groups in total.